The van der Waals surface area contributed by atoms with E-state index in [9.17, 15) is 9.59 Å². The Morgan fingerprint density at radius 2 is 1.70 bits per heavy atom. The van der Waals surface area contributed by atoms with Gasteiger partial charge in [-0.25, -0.2) is 5.43 Å². The van der Waals surface area contributed by atoms with Crippen molar-refractivity contribution >= 4 is 35.7 Å². The summed E-state index contributed by atoms with van der Waals surface area (Å²) in [6, 6.07) is 15.7. The Morgan fingerprint density at radius 1 is 1.04 bits per heavy atom. The van der Waals surface area contributed by atoms with Crippen LogP contribution in [0, 0.1) is 5.92 Å². The fourth-order valence-corrected chi connectivity index (χ4v) is 2.55. The van der Waals surface area contributed by atoms with Crippen LogP contribution in [0.1, 0.15) is 29.8 Å². The number of carbonyl (C=O) groups excluding carboxylic acids is 2. The summed E-state index contributed by atoms with van der Waals surface area (Å²) in [7, 11) is 0. The van der Waals surface area contributed by atoms with Crippen LogP contribution in [0.15, 0.2) is 65.8 Å². The number of nitrogens with one attached hydrogen (secondary N) is 2. The average Bonchev–Trinajstić information content (AvgIpc) is 2.66. The summed E-state index contributed by atoms with van der Waals surface area (Å²) in [4.78, 5) is 24.8. The molecule has 0 heterocycles. The van der Waals surface area contributed by atoms with Crippen LogP contribution >= 0.6 is 11.6 Å². The summed E-state index contributed by atoms with van der Waals surface area (Å²) in [6.07, 6.45) is 5.08. The molecule has 5 nitrogen and oxygen atoms in total. The Labute approximate surface area is 164 Å². The van der Waals surface area contributed by atoms with E-state index in [0.717, 1.165) is 5.56 Å². The van der Waals surface area contributed by atoms with Crippen molar-refractivity contribution in [3.05, 3.63) is 76.8 Å². The number of nitrogens with zero attached hydrogens (tertiary/aromatic N) is 1. The smallest absolute Gasteiger partial charge is 0.262 e. The van der Waals surface area contributed by atoms with Gasteiger partial charge in [-0.3, -0.25) is 9.59 Å². The Bertz CT molecular complexity index is 832. The Kier molecular flexibility index (Phi) is 7.77. The molecule has 0 aliphatic carbocycles. The van der Waals surface area contributed by atoms with Crippen molar-refractivity contribution in [3.63, 3.8) is 0 Å². The summed E-state index contributed by atoms with van der Waals surface area (Å²) in [5, 5.41) is 6.95. The van der Waals surface area contributed by atoms with E-state index in [-0.39, 0.29) is 5.92 Å². The third-order valence-electron chi connectivity index (χ3n) is 3.78. The molecular weight excluding hydrogens is 362 g/mol. The molecule has 2 aromatic carbocycles. The summed E-state index contributed by atoms with van der Waals surface area (Å²) < 4.78 is 0. The minimum atomic E-state index is -0.732. The summed E-state index contributed by atoms with van der Waals surface area (Å²) in [5.41, 5.74) is 3.81. The molecule has 1 unspecified atom stereocenters. The van der Waals surface area contributed by atoms with E-state index in [1.165, 1.54) is 6.21 Å². The molecule has 0 saturated heterocycles. The van der Waals surface area contributed by atoms with Gasteiger partial charge in [-0.2, -0.15) is 5.10 Å². The maximum Gasteiger partial charge on any atom is 0.262 e. The highest BCUT2D eigenvalue weighted by Crippen LogP contribution is 2.15. The third-order valence-corrected chi connectivity index (χ3v) is 4.11. The molecule has 2 N–H and O–H groups in total. The van der Waals surface area contributed by atoms with Crippen molar-refractivity contribution in [1.82, 2.24) is 10.7 Å². The van der Waals surface area contributed by atoms with Crippen molar-refractivity contribution in [2.45, 2.75) is 19.9 Å². The lowest BCUT2D eigenvalue weighted by Crippen LogP contribution is -2.48. The number of hydrazone groups is 1. The summed E-state index contributed by atoms with van der Waals surface area (Å²) >= 11 is 6.04. The van der Waals surface area contributed by atoms with Crippen molar-refractivity contribution < 1.29 is 9.59 Å². The van der Waals surface area contributed by atoms with E-state index >= 15 is 0 Å². The minimum Gasteiger partial charge on any atom is -0.340 e. The predicted octanol–water partition coefficient (Wildman–Crippen LogP) is 3.91. The lowest BCUT2D eigenvalue weighted by atomic mass is 10.0. The highest BCUT2D eigenvalue weighted by molar-refractivity contribution is 6.33. The van der Waals surface area contributed by atoms with E-state index in [0.29, 0.717) is 10.6 Å². The maximum atomic E-state index is 12.4. The average molecular weight is 384 g/mol. The maximum absolute atomic E-state index is 12.4. The quantitative estimate of drug-likeness (QED) is 0.562. The second kappa shape index (κ2) is 10.3. The molecule has 0 aliphatic heterocycles. The van der Waals surface area contributed by atoms with E-state index in [1.54, 1.807) is 30.3 Å². The fraction of sp³-hybridized carbons (Fsp3) is 0.190. The highest BCUT2D eigenvalue weighted by Gasteiger charge is 2.25. The molecule has 0 radical (unpaired) electrons. The second-order valence-corrected chi connectivity index (χ2v) is 6.61. The number of rotatable bonds is 7. The molecule has 0 fully saturated rings. The Morgan fingerprint density at radius 3 is 2.37 bits per heavy atom. The molecule has 2 rings (SSSR count). The molecule has 140 valence electrons. The molecule has 2 aromatic rings. The second-order valence-electron chi connectivity index (χ2n) is 6.20. The number of amides is 2. The van der Waals surface area contributed by atoms with Crippen molar-refractivity contribution in [1.29, 1.82) is 0 Å². The van der Waals surface area contributed by atoms with Crippen LogP contribution in [0.25, 0.3) is 6.08 Å². The molecule has 27 heavy (non-hydrogen) atoms. The van der Waals surface area contributed by atoms with E-state index in [2.05, 4.69) is 15.8 Å². The minimum absolute atomic E-state index is 0.119. The zero-order valence-corrected chi connectivity index (χ0v) is 16.0. The molecule has 0 saturated carbocycles. The van der Waals surface area contributed by atoms with E-state index in [4.69, 9.17) is 11.6 Å². The third kappa shape index (κ3) is 6.38. The zero-order chi connectivity index (χ0) is 19.6. The predicted molar refractivity (Wildman–Crippen MR) is 110 cm³/mol. The molecule has 0 bridgehead atoms. The van der Waals surface area contributed by atoms with E-state index in [1.807, 2.05) is 50.3 Å². The van der Waals surface area contributed by atoms with Crippen LogP contribution < -0.4 is 10.7 Å². The largest absolute Gasteiger partial charge is 0.340 e. The van der Waals surface area contributed by atoms with Gasteiger partial charge in [0.1, 0.15) is 6.04 Å². The molecular formula is C21H22ClN3O2. The highest BCUT2D eigenvalue weighted by atomic mass is 35.5. The number of hydrogen-bond acceptors (Lipinski definition) is 3. The van der Waals surface area contributed by atoms with Gasteiger partial charge in [0.2, 0.25) is 0 Å². The molecule has 0 aliphatic rings. The zero-order valence-electron chi connectivity index (χ0n) is 15.2. The topological polar surface area (TPSA) is 70.6 Å². The number of hydrogen-bond donors (Lipinski definition) is 2. The first-order valence-corrected chi connectivity index (χ1v) is 8.97. The lowest BCUT2D eigenvalue weighted by Gasteiger charge is -2.20. The van der Waals surface area contributed by atoms with Crippen molar-refractivity contribution in [2.75, 3.05) is 0 Å². The standard InChI is InChI=1S/C21H22ClN3O2/c1-15(2)19(24-20(26)17-12-6-7-13-18(17)22)21(27)25-23-14-8-11-16-9-4-3-5-10-16/h3-15,19H,1-2H3,(H,24,26)(H,25,27). The summed E-state index contributed by atoms with van der Waals surface area (Å²) in [6.45, 7) is 3.69. The molecule has 2 amide bonds. The van der Waals surface area contributed by atoms with Gasteiger partial charge in [0, 0.05) is 6.21 Å². The number of allylic oxidation sites excluding steroid dienone is 1. The van der Waals surface area contributed by atoms with Crippen LogP contribution in [-0.4, -0.2) is 24.1 Å². The first-order chi connectivity index (χ1) is 13.0. The first-order valence-electron chi connectivity index (χ1n) is 8.59. The van der Waals surface area contributed by atoms with Gasteiger partial charge >= 0.3 is 0 Å². The molecule has 6 heteroatoms. The van der Waals surface area contributed by atoms with Gasteiger partial charge in [0.25, 0.3) is 11.8 Å². The van der Waals surface area contributed by atoms with Gasteiger partial charge < -0.3 is 5.32 Å². The van der Waals surface area contributed by atoms with Crippen LogP contribution in [0.4, 0.5) is 0 Å². The molecule has 1 atom stereocenters. The number of carbonyl (C=O) groups is 2. The fourth-order valence-electron chi connectivity index (χ4n) is 2.33. The molecule has 0 spiro atoms. The number of benzene rings is 2. The van der Waals surface area contributed by atoms with Gasteiger partial charge in [0.15, 0.2) is 0 Å². The van der Waals surface area contributed by atoms with E-state index < -0.39 is 17.9 Å². The normalized spacial score (nSPS) is 12.4. The SMILES string of the molecule is CC(C)C(NC(=O)c1ccccc1Cl)C(=O)NN=CC=Cc1ccccc1. The molecule has 0 aromatic heterocycles. The Hall–Kier alpha value is -2.92. The van der Waals surface area contributed by atoms with Crippen LogP contribution in [0.3, 0.4) is 0 Å². The van der Waals surface area contributed by atoms with Gasteiger partial charge in [-0.05, 0) is 29.7 Å². The monoisotopic (exact) mass is 383 g/mol. The van der Waals surface area contributed by atoms with Gasteiger partial charge in [-0.1, -0.05) is 74.0 Å². The van der Waals surface area contributed by atoms with Gasteiger partial charge in [-0.15, -0.1) is 0 Å². The van der Waals surface area contributed by atoms with Crippen LogP contribution in [-0.2, 0) is 4.79 Å². The van der Waals surface area contributed by atoms with Crippen LogP contribution in [0.2, 0.25) is 5.02 Å². The Balaban J connectivity index is 1.94. The van der Waals surface area contributed by atoms with Crippen molar-refractivity contribution in [3.8, 4) is 0 Å². The van der Waals surface area contributed by atoms with Crippen molar-refractivity contribution in [2.24, 2.45) is 11.0 Å². The lowest BCUT2D eigenvalue weighted by molar-refractivity contribution is -0.123. The first kappa shape index (κ1) is 20.4. The summed E-state index contributed by atoms with van der Waals surface area (Å²) in [5.74, 6) is -0.913. The van der Waals surface area contributed by atoms with Crippen LogP contribution in [0.5, 0.6) is 0 Å². The number of halogens is 1. The van der Waals surface area contributed by atoms with Gasteiger partial charge in [0.05, 0.1) is 10.6 Å².